The molecule has 0 unspecified atom stereocenters. The van der Waals surface area contributed by atoms with Gasteiger partial charge in [-0.15, -0.1) is 0 Å². The fourth-order valence-corrected chi connectivity index (χ4v) is 1.44. The highest BCUT2D eigenvalue weighted by molar-refractivity contribution is 5.72. The first-order valence-corrected chi connectivity index (χ1v) is 5.26. The van der Waals surface area contributed by atoms with Crippen LogP contribution in [0.4, 0.5) is 14.6 Å². The number of hydrogen-bond acceptors (Lipinski definition) is 5. The van der Waals surface area contributed by atoms with E-state index in [0.717, 1.165) is 0 Å². The largest absolute Gasteiger partial charge is 0.496 e. The number of methoxy groups -OCH3 is 1. The zero-order valence-electron chi connectivity index (χ0n) is 10.1. The quantitative estimate of drug-likeness (QED) is 0.816. The summed E-state index contributed by atoms with van der Waals surface area (Å²) in [5, 5.41) is 0. The molecule has 0 saturated heterocycles. The van der Waals surface area contributed by atoms with Gasteiger partial charge in [0.05, 0.1) is 25.8 Å². The number of nitrogen functional groups attached to an aromatic ring is 1. The fourth-order valence-electron chi connectivity index (χ4n) is 1.44. The number of esters is 1. The van der Waals surface area contributed by atoms with Crippen molar-refractivity contribution in [2.45, 2.75) is 19.8 Å². The molecule has 0 bridgehead atoms. The van der Waals surface area contributed by atoms with Crippen molar-refractivity contribution in [3.63, 3.8) is 0 Å². The van der Waals surface area contributed by atoms with Gasteiger partial charge in [-0.3, -0.25) is 4.79 Å². The molecule has 0 aliphatic carbocycles. The number of ether oxygens (including phenoxy) is 2. The zero-order valence-corrected chi connectivity index (χ0v) is 10.1. The molecule has 0 saturated carbocycles. The molecule has 100 valence electrons. The molecule has 5 nitrogen and oxygen atoms in total. The van der Waals surface area contributed by atoms with Crippen LogP contribution < -0.4 is 10.5 Å². The molecule has 1 aromatic heterocycles. The predicted molar refractivity (Wildman–Crippen MR) is 60.5 cm³/mol. The molecule has 0 aliphatic rings. The number of aromatic nitrogens is 1. The van der Waals surface area contributed by atoms with Crippen LogP contribution in [0.2, 0.25) is 0 Å². The molecule has 7 heteroatoms. The number of alkyl halides is 2. The average molecular weight is 260 g/mol. The Morgan fingerprint density at radius 2 is 2.22 bits per heavy atom. The number of rotatable bonds is 5. The van der Waals surface area contributed by atoms with E-state index in [1.807, 2.05) is 0 Å². The number of nitrogens with two attached hydrogens (primary N) is 1. The lowest BCUT2D eigenvalue weighted by Gasteiger charge is -2.12. The minimum atomic E-state index is -2.79. The smallest absolute Gasteiger partial charge is 0.311 e. The van der Waals surface area contributed by atoms with Crippen LogP contribution in [0.3, 0.4) is 0 Å². The van der Waals surface area contributed by atoms with E-state index in [2.05, 4.69) is 4.98 Å². The first-order chi connectivity index (χ1) is 8.49. The number of nitrogens with zero attached hydrogens (tertiary/aromatic N) is 1. The highest BCUT2D eigenvalue weighted by Crippen LogP contribution is 2.33. The number of carbonyl (C=O) groups is 1. The normalized spacial score (nSPS) is 10.5. The maximum Gasteiger partial charge on any atom is 0.311 e. The van der Waals surface area contributed by atoms with Gasteiger partial charge in [-0.25, -0.2) is 13.8 Å². The Morgan fingerprint density at radius 1 is 1.56 bits per heavy atom. The Hall–Kier alpha value is -1.92. The van der Waals surface area contributed by atoms with E-state index in [1.54, 1.807) is 6.92 Å². The molecule has 0 radical (unpaired) electrons. The van der Waals surface area contributed by atoms with Crippen molar-refractivity contribution in [2.75, 3.05) is 19.5 Å². The maximum absolute atomic E-state index is 12.7. The molecule has 2 N–H and O–H groups in total. The summed E-state index contributed by atoms with van der Waals surface area (Å²) in [5.41, 5.74) is 5.19. The van der Waals surface area contributed by atoms with Crippen molar-refractivity contribution in [2.24, 2.45) is 0 Å². The predicted octanol–water partition coefficient (Wildman–Crippen LogP) is 1.72. The molecule has 1 heterocycles. The van der Waals surface area contributed by atoms with Gasteiger partial charge in [0.25, 0.3) is 6.43 Å². The first-order valence-electron chi connectivity index (χ1n) is 5.26. The zero-order chi connectivity index (χ0) is 13.7. The molecule has 1 rings (SSSR count). The van der Waals surface area contributed by atoms with Crippen LogP contribution in [0.1, 0.15) is 24.6 Å². The number of halogens is 2. The SMILES string of the molecule is CCOC(=O)Cc1cc(OC)c(C(F)F)c(N)n1. The molecule has 0 aliphatic heterocycles. The topological polar surface area (TPSA) is 74.4 Å². The standard InChI is InChI=1S/C11H14F2N2O3/c1-3-18-8(16)5-6-4-7(17-2)9(10(12)13)11(14)15-6/h4,10H,3,5H2,1-2H3,(H2,14,15). The molecule has 0 spiro atoms. The number of hydrogen-bond donors (Lipinski definition) is 1. The second-order valence-electron chi connectivity index (χ2n) is 3.40. The summed E-state index contributed by atoms with van der Waals surface area (Å²) in [6.45, 7) is 1.90. The first kappa shape index (κ1) is 14.1. The molecule has 0 amide bonds. The minimum absolute atomic E-state index is 0.0863. The van der Waals surface area contributed by atoms with E-state index in [-0.39, 0.29) is 30.3 Å². The highest BCUT2D eigenvalue weighted by atomic mass is 19.3. The summed E-state index contributed by atoms with van der Waals surface area (Å²) in [6.07, 6.45) is -2.93. The summed E-state index contributed by atoms with van der Waals surface area (Å²) < 4.78 is 34.9. The van der Waals surface area contributed by atoms with Gasteiger partial charge in [-0.05, 0) is 6.92 Å². The van der Waals surface area contributed by atoms with Crippen LogP contribution in [-0.4, -0.2) is 24.7 Å². The Bertz CT molecular complexity index is 439. The highest BCUT2D eigenvalue weighted by Gasteiger charge is 2.20. The van der Waals surface area contributed by atoms with Crippen LogP contribution in [0.15, 0.2) is 6.07 Å². The fraction of sp³-hybridized carbons (Fsp3) is 0.455. The van der Waals surface area contributed by atoms with Crippen molar-refractivity contribution < 1.29 is 23.0 Å². The van der Waals surface area contributed by atoms with Crippen LogP contribution in [-0.2, 0) is 16.0 Å². The van der Waals surface area contributed by atoms with Gasteiger partial charge in [-0.1, -0.05) is 0 Å². The van der Waals surface area contributed by atoms with Gasteiger partial charge >= 0.3 is 5.97 Å². The Kier molecular flexibility index (Phi) is 4.82. The van der Waals surface area contributed by atoms with E-state index in [9.17, 15) is 13.6 Å². The molecule has 18 heavy (non-hydrogen) atoms. The van der Waals surface area contributed by atoms with E-state index in [4.69, 9.17) is 15.2 Å². The van der Waals surface area contributed by atoms with E-state index < -0.39 is 18.0 Å². The maximum atomic E-state index is 12.7. The third-order valence-electron chi connectivity index (χ3n) is 2.17. The summed E-state index contributed by atoms with van der Waals surface area (Å²) in [6, 6.07) is 1.26. The molecular weight excluding hydrogens is 246 g/mol. The summed E-state index contributed by atoms with van der Waals surface area (Å²) in [7, 11) is 1.24. The van der Waals surface area contributed by atoms with Gasteiger partial charge in [-0.2, -0.15) is 0 Å². The molecular formula is C11H14F2N2O3. The lowest BCUT2D eigenvalue weighted by atomic mass is 10.2. The van der Waals surface area contributed by atoms with Gasteiger partial charge in [0.1, 0.15) is 17.1 Å². The monoisotopic (exact) mass is 260 g/mol. The van der Waals surface area contributed by atoms with Gasteiger partial charge < -0.3 is 15.2 Å². The van der Waals surface area contributed by atoms with Crippen LogP contribution >= 0.6 is 0 Å². The molecule has 0 aromatic carbocycles. The Labute approximate surface area is 103 Å². The number of pyridine rings is 1. The summed E-state index contributed by atoms with van der Waals surface area (Å²) >= 11 is 0. The van der Waals surface area contributed by atoms with Crippen molar-refractivity contribution >= 4 is 11.8 Å². The second kappa shape index (κ2) is 6.13. The van der Waals surface area contributed by atoms with Gasteiger partial charge in [0.15, 0.2) is 0 Å². The number of anilines is 1. The van der Waals surface area contributed by atoms with Gasteiger partial charge in [0.2, 0.25) is 0 Å². The Morgan fingerprint density at radius 3 is 2.72 bits per heavy atom. The van der Waals surface area contributed by atoms with Crippen molar-refractivity contribution in [3.8, 4) is 5.75 Å². The summed E-state index contributed by atoms with van der Waals surface area (Å²) in [5.74, 6) is -0.934. The van der Waals surface area contributed by atoms with E-state index in [0.29, 0.717) is 0 Å². The van der Waals surface area contributed by atoms with Crippen LogP contribution in [0.5, 0.6) is 5.75 Å². The lowest BCUT2D eigenvalue weighted by molar-refractivity contribution is -0.142. The van der Waals surface area contributed by atoms with Crippen LogP contribution in [0, 0.1) is 0 Å². The van der Waals surface area contributed by atoms with Crippen molar-refractivity contribution in [1.29, 1.82) is 0 Å². The van der Waals surface area contributed by atoms with Crippen molar-refractivity contribution in [1.82, 2.24) is 4.98 Å². The molecule has 1 aromatic rings. The third-order valence-corrected chi connectivity index (χ3v) is 2.17. The second-order valence-corrected chi connectivity index (χ2v) is 3.40. The minimum Gasteiger partial charge on any atom is -0.496 e. The van der Waals surface area contributed by atoms with Gasteiger partial charge in [0, 0.05) is 6.07 Å². The van der Waals surface area contributed by atoms with Crippen LogP contribution in [0.25, 0.3) is 0 Å². The number of carbonyl (C=O) groups excluding carboxylic acids is 1. The third kappa shape index (κ3) is 3.28. The molecule has 0 atom stereocenters. The lowest BCUT2D eigenvalue weighted by Crippen LogP contribution is -2.11. The van der Waals surface area contributed by atoms with E-state index >= 15 is 0 Å². The molecule has 0 fully saturated rings. The van der Waals surface area contributed by atoms with E-state index in [1.165, 1.54) is 13.2 Å². The average Bonchev–Trinajstić information content (AvgIpc) is 2.27. The Balaban J connectivity index is 3.03. The van der Waals surface area contributed by atoms with Crippen molar-refractivity contribution in [3.05, 3.63) is 17.3 Å². The summed E-state index contributed by atoms with van der Waals surface area (Å²) in [4.78, 5) is 15.0.